The van der Waals surface area contributed by atoms with E-state index in [1.807, 2.05) is 60.7 Å². The fourth-order valence-electron chi connectivity index (χ4n) is 4.10. The Morgan fingerprint density at radius 2 is 1.54 bits per heavy atom. The number of rotatable bonds is 10. The Morgan fingerprint density at radius 3 is 2.37 bits per heavy atom. The number of hydroxylamine groups is 1. The first-order valence-electron chi connectivity index (χ1n) is 11.8. The Labute approximate surface area is 202 Å². The van der Waals surface area contributed by atoms with Crippen molar-refractivity contribution in [2.75, 3.05) is 6.61 Å². The van der Waals surface area contributed by atoms with Gasteiger partial charge < -0.3 is 14.7 Å². The van der Waals surface area contributed by atoms with Crippen LogP contribution in [0.15, 0.2) is 66.7 Å². The average Bonchev–Trinajstić information content (AvgIpc) is 3.52. The maximum Gasteiger partial charge on any atom is 0.243 e. The highest BCUT2D eigenvalue weighted by atomic mass is 16.5. The lowest BCUT2D eigenvalue weighted by Crippen LogP contribution is -2.17. The van der Waals surface area contributed by atoms with E-state index in [9.17, 15) is 4.79 Å². The molecule has 3 aromatic carbocycles. The molecule has 0 saturated heterocycles. The molecule has 35 heavy (non-hydrogen) atoms. The number of nitrogens with one attached hydrogen (secondary N) is 3. The zero-order valence-electron chi connectivity index (χ0n) is 19.3. The van der Waals surface area contributed by atoms with E-state index >= 15 is 0 Å². The first kappa shape index (κ1) is 22.6. The fourth-order valence-corrected chi connectivity index (χ4v) is 4.10. The van der Waals surface area contributed by atoms with E-state index in [1.165, 1.54) is 0 Å². The molecule has 0 aliphatic rings. The molecule has 0 fully saturated rings. The monoisotopic (exact) mass is 469 g/mol. The van der Waals surface area contributed by atoms with Crippen molar-refractivity contribution in [2.45, 2.75) is 32.1 Å². The number of carbonyl (C=O) groups excluding carboxylic acids is 1. The average molecular weight is 470 g/mol. The molecule has 0 saturated carbocycles. The third-order valence-electron chi connectivity index (χ3n) is 5.94. The molecule has 0 aliphatic carbocycles. The summed E-state index contributed by atoms with van der Waals surface area (Å²) >= 11 is 0. The normalized spacial score (nSPS) is 11.2. The van der Waals surface area contributed by atoms with E-state index < -0.39 is 0 Å². The van der Waals surface area contributed by atoms with Gasteiger partial charge in [0.25, 0.3) is 0 Å². The summed E-state index contributed by atoms with van der Waals surface area (Å²) in [4.78, 5) is 27.3. The summed E-state index contributed by atoms with van der Waals surface area (Å²) in [7, 11) is 0. The number of hydrogen-bond acceptors (Lipinski definition) is 5. The largest absolute Gasteiger partial charge is 0.494 e. The summed E-state index contributed by atoms with van der Waals surface area (Å²) in [5, 5.41) is 8.50. The molecule has 0 atom stereocenters. The number of unbranched alkanes of at least 4 members (excludes halogenated alkanes) is 3. The first-order chi connectivity index (χ1) is 17.2. The zero-order valence-corrected chi connectivity index (χ0v) is 19.3. The first-order valence-corrected chi connectivity index (χ1v) is 11.8. The Kier molecular flexibility index (Phi) is 6.72. The number of para-hydroxylation sites is 2. The molecule has 1 amide bonds. The Balaban J connectivity index is 1.23. The van der Waals surface area contributed by atoms with Crippen LogP contribution in [0, 0.1) is 0 Å². The smallest absolute Gasteiger partial charge is 0.243 e. The lowest BCUT2D eigenvalue weighted by Gasteiger charge is -2.07. The van der Waals surface area contributed by atoms with Crippen LogP contribution in [0.1, 0.15) is 32.1 Å². The summed E-state index contributed by atoms with van der Waals surface area (Å²) in [5.74, 6) is 2.07. The molecule has 0 unspecified atom stereocenters. The second-order valence-corrected chi connectivity index (χ2v) is 8.50. The van der Waals surface area contributed by atoms with Crippen molar-refractivity contribution < 1.29 is 14.7 Å². The van der Waals surface area contributed by atoms with Gasteiger partial charge in [-0.25, -0.2) is 15.4 Å². The van der Waals surface area contributed by atoms with Crippen LogP contribution < -0.4 is 10.2 Å². The van der Waals surface area contributed by atoms with E-state index in [4.69, 9.17) is 19.9 Å². The van der Waals surface area contributed by atoms with Crippen molar-refractivity contribution in [1.29, 1.82) is 0 Å². The van der Waals surface area contributed by atoms with Crippen LogP contribution in [-0.4, -0.2) is 37.7 Å². The van der Waals surface area contributed by atoms with Gasteiger partial charge in [-0.3, -0.25) is 10.0 Å². The highest BCUT2D eigenvalue weighted by Crippen LogP contribution is 2.27. The van der Waals surface area contributed by atoms with E-state index in [0.717, 1.165) is 76.3 Å². The van der Waals surface area contributed by atoms with E-state index in [-0.39, 0.29) is 5.91 Å². The predicted octanol–water partition coefficient (Wildman–Crippen LogP) is 5.61. The number of hydrogen-bond donors (Lipinski definition) is 4. The zero-order chi connectivity index (χ0) is 24.0. The number of ether oxygens (including phenoxy) is 1. The van der Waals surface area contributed by atoms with Gasteiger partial charge in [-0.05, 0) is 55.3 Å². The van der Waals surface area contributed by atoms with Crippen LogP contribution in [0.4, 0.5) is 0 Å². The topological polar surface area (TPSA) is 116 Å². The summed E-state index contributed by atoms with van der Waals surface area (Å²) in [6.45, 7) is 0.608. The van der Waals surface area contributed by atoms with Crippen LogP contribution in [0.5, 0.6) is 5.75 Å². The molecular formula is C27H27N5O3. The minimum atomic E-state index is -0.339. The molecule has 0 bridgehead atoms. The third-order valence-corrected chi connectivity index (χ3v) is 5.94. The van der Waals surface area contributed by atoms with Crippen molar-refractivity contribution >= 4 is 28.0 Å². The van der Waals surface area contributed by atoms with Crippen LogP contribution >= 0.6 is 0 Å². The van der Waals surface area contributed by atoms with Gasteiger partial charge in [0.2, 0.25) is 5.91 Å². The number of nitrogens with zero attached hydrogens (tertiary/aromatic N) is 2. The number of carbonyl (C=O) groups is 1. The van der Waals surface area contributed by atoms with Crippen LogP contribution in [-0.2, 0) is 4.79 Å². The van der Waals surface area contributed by atoms with Gasteiger partial charge >= 0.3 is 0 Å². The molecule has 2 heterocycles. The number of amides is 1. The minimum Gasteiger partial charge on any atom is -0.494 e. The highest BCUT2D eigenvalue weighted by Gasteiger charge is 2.10. The standard InChI is InChI=1S/C27H27N5O3/c33-25(32-34)12-3-1-2-6-15-35-20-9-7-8-18(16-20)26-30-23-14-13-19(17-24(23)31-26)27-28-21-10-4-5-11-22(21)29-27/h4-5,7-11,13-14,16-17,34H,1-3,6,12,15H2,(H,28,29)(H,30,31)(H,32,33). The molecule has 0 radical (unpaired) electrons. The van der Waals surface area contributed by atoms with Gasteiger partial charge in [-0.1, -0.05) is 37.1 Å². The number of imidazole rings is 2. The number of aromatic amines is 2. The molecule has 4 N–H and O–H groups in total. The summed E-state index contributed by atoms with van der Waals surface area (Å²) < 4.78 is 5.92. The van der Waals surface area contributed by atoms with Gasteiger partial charge in [-0.15, -0.1) is 0 Å². The molecule has 5 rings (SSSR count). The maximum absolute atomic E-state index is 11.0. The SMILES string of the molecule is O=C(CCCCCCOc1cccc(-c2nc3ccc(-c4nc5ccccc5[nH]4)cc3[nH]2)c1)NO. The lowest BCUT2D eigenvalue weighted by molar-refractivity contribution is -0.129. The summed E-state index contributed by atoms with van der Waals surface area (Å²) in [6.07, 6.45) is 3.89. The van der Waals surface area contributed by atoms with Crippen LogP contribution in [0.25, 0.3) is 44.8 Å². The number of aromatic nitrogens is 4. The van der Waals surface area contributed by atoms with Crippen LogP contribution in [0.2, 0.25) is 0 Å². The van der Waals surface area contributed by atoms with Crippen molar-refractivity contribution in [3.8, 4) is 28.5 Å². The van der Waals surface area contributed by atoms with E-state index in [2.05, 4.69) is 16.0 Å². The summed E-state index contributed by atoms with van der Waals surface area (Å²) in [6, 6.07) is 22.0. The molecule has 8 nitrogen and oxygen atoms in total. The molecule has 8 heteroatoms. The van der Waals surface area contributed by atoms with Crippen LogP contribution in [0.3, 0.4) is 0 Å². The van der Waals surface area contributed by atoms with Gasteiger partial charge in [0, 0.05) is 17.5 Å². The quantitative estimate of drug-likeness (QED) is 0.121. The molecule has 0 aliphatic heterocycles. The van der Waals surface area contributed by atoms with Gasteiger partial charge in [0.1, 0.15) is 17.4 Å². The van der Waals surface area contributed by atoms with Crippen molar-refractivity contribution in [1.82, 2.24) is 25.4 Å². The predicted molar refractivity (Wildman–Crippen MR) is 135 cm³/mol. The van der Waals surface area contributed by atoms with Gasteiger partial charge in [-0.2, -0.15) is 0 Å². The maximum atomic E-state index is 11.0. The summed E-state index contributed by atoms with van der Waals surface area (Å²) in [5.41, 5.74) is 7.40. The molecule has 5 aromatic rings. The molecule has 0 spiro atoms. The van der Waals surface area contributed by atoms with Gasteiger partial charge in [0.15, 0.2) is 0 Å². The van der Waals surface area contributed by atoms with E-state index in [0.29, 0.717) is 13.0 Å². The van der Waals surface area contributed by atoms with Crippen molar-refractivity contribution in [3.63, 3.8) is 0 Å². The van der Waals surface area contributed by atoms with E-state index in [1.54, 1.807) is 5.48 Å². The molecular weight excluding hydrogens is 442 g/mol. The second kappa shape index (κ2) is 10.4. The lowest BCUT2D eigenvalue weighted by atomic mass is 10.1. The van der Waals surface area contributed by atoms with Crippen molar-refractivity contribution in [3.05, 3.63) is 66.7 Å². The number of benzene rings is 3. The number of fused-ring (bicyclic) bond motifs is 2. The second-order valence-electron chi connectivity index (χ2n) is 8.50. The molecule has 2 aromatic heterocycles. The highest BCUT2D eigenvalue weighted by molar-refractivity contribution is 5.85. The number of H-pyrrole nitrogens is 2. The molecule has 178 valence electrons. The Morgan fingerprint density at radius 1 is 0.800 bits per heavy atom. The van der Waals surface area contributed by atoms with Gasteiger partial charge in [0.05, 0.1) is 28.7 Å². The van der Waals surface area contributed by atoms with Crippen molar-refractivity contribution in [2.24, 2.45) is 0 Å². The fraction of sp³-hybridized carbons (Fsp3) is 0.222. The minimum absolute atomic E-state index is 0.339. The Hall–Kier alpha value is -4.17. The Bertz CT molecular complexity index is 1420. The third kappa shape index (κ3) is 5.33.